The van der Waals surface area contributed by atoms with Gasteiger partial charge in [-0.3, -0.25) is 4.79 Å². The highest BCUT2D eigenvalue weighted by molar-refractivity contribution is 6.31. The second-order valence-corrected chi connectivity index (χ2v) is 5.23. The molecule has 4 heteroatoms. The number of benzene rings is 3. The fourth-order valence-corrected chi connectivity index (χ4v) is 2.54. The molecule has 0 saturated carbocycles. The van der Waals surface area contributed by atoms with Crippen LogP contribution < -0.4 is 5.32 Å². The van der Waals surface area contributed by atoms with Crippen LogP contribution in [0.15, 0.2) is 54.6 Å². The van der Waals surface area contributed by atoms with Crippen molar-refractivity contribution in [2.45, 2.75) is 6.54 Å². The zero-order valence-electron chi connectivity index (χ0n) is 11.6. The topological polar surface area (TPSA) is 29.1 Å². The average molecular weight is 313 g/mol. The first kappa shape index (κ1) is 14.5. The molecule has 3 aromatic carbocycles. The minimum absolute atomic E-state index is 0.0292. The SMILES string of the molecule is O=C(NCc1c(F)cccc1Cl)c1[c]ccc2ccccc12. The van der Waals surface area contributed by atoms with Crippen LogP contribution in [0.2, 0.25) is 5.02 Å². The first-order valence-corrected chi connectivity index (χ1v) is 7.15. The maximum Gasteiger partial charge on any atom is 0.252 e. The largest absolute Gasteiger partial charge is 0.348 e. The Balaban J connectivity index is 1.85. The van der Waals surface area contributed by atoms with Gasteiger partial charge in [0.1, 0.15) is 5.82 Å². The Kier molecular flexibility index (Phi) is 4.07. The lowest BCUT2D eigenvalue weighted by Crippen LogP contribution is -2.23. The highest BCUT2D eigenvalue weighted by Gasteiger charge is 2.12. The van der Waals surface area contributed by atoms with Gasteiger partial charge in [0.15, 0.2) is 0 Å². The van der Waals surface area contributed by atoms with E-state index in [9.17, 15) is 9.18 Å². The van der Waals surface area contributed by atoms with Crippen molar-refractivity contribution >= 4 is 28.3 Å². The molecule has 0 unspecified atom stereocenters. The van der Waals surface area contributed by atoms with Gasteiger partial charge in [0, 0.05) is 17.1 Å². The van der Waals surface area contributed by atoms with Gasteiger partial charge >= 0.3 is 0 Å². The highest BCUT2D eigenvalue weighted by Crippen LogP contribution is 2.20. The maximum atomic E-state index is 13.7. The van der Waals surface area contributed by atoms with Crippen molar-refractivity contribution < 1.29 is 9.18 Å². The molecule has 0 spiro atoms. The quantitative estimate of drug-likeness (QED) is 0.765. The van der Waals surface area contributed by atoms with Gasteiger partial charge < -0.3 is 5.32 Å². The van der Waals surface area contributed by atoms with E-state index < -0.39 is 5.82 Å². The predicted octanol–water partition coefficient (Wildman–Crippen LogP) is 4.36. The van der Waals surface area contributed by atoms with Crippen molar-refractivity contribution in [2.75, 3.05) is 0 Å². The third-order valence-electron chi connectivity index (χ3n) is 3.44. The van der Waals surface area contributed by atoms with E-state index in [1.807, 2.05) is 30.3 Å². The zero-order valence-corrected chi connectivity index (χ0v) is 12.3. The number of amides is 1. The molecule has 0 saturated heterocycles. The molecule has 2 nitrogen and oxygen atoms in total. The van der Waals surface area contributed by atoms with Crippen molar-refractivity contribution in [3.05, 3.63) is 82.6 Å². The molecule has 1 N–H and O–H groups in total. The maximum absolute atomic E-state index is 13.7. The Morgan fingerprint density at radius 3 is 2.77 bits per heavy atom. The number of hydrogen-bond acceptors (Lipinski definition) is 1. The third-order valence-corrected chi connectivity index (χ3v) is 3.79. The van der Waals surface area contributed by atoms with Crippen LogP contribution in [0, 0.1) is 11.9 Å². The van der Waals surface area contributed by atoms with Gasteiger partial charge in [-0.05, 0) is 29.0 Å². The van der Waals surface area contributed by atoms with E-state index in [1.54, 1.807) is 12.1 Å². The van der Waals surface area contributed by atoms with E-state index in [0.29, 0.717) is 10.6 Å². The summed E-state index contributed by atoms with van der Waals surface area (Å²) in [5.41, 5.74) is 0.711. The Labute approximate surface area is 132 Å². The normalized spacial score (nSPS) is 10.6. The third kappa shape index (κ3) is 2.81. The second-order valence-electron chi connectivity index (χ2n) is 4.82. The Bertz CT molecular complexity index is 822. The molecule has 109 valence electrons. The van der Waals surface area contributed by atoms with E-state index in [-0.39, 0.29) is 18.0 Å². The van der Waals surface area contributed by atoms with Crippen molar-refractivity contribution in [3.8, 4) is 0 Å². The second kappa shape index (κ2) is 6.16. The van der Waals surface area contributed by atoms with Crippen LogP contribution in [-0.4, -0.2) is 5.91 Å². The molecule has 1 amide bonds. The molecule has 3 aromatic rings. The number of carbonyl (C=O) groups excluding carboxylic acids is 1. The van der Waals surface area contributed by atoms with Crippen molar-refractivity contribution in [1.29, 1.82) is 0 Å². The minimum atomic E-state index is -0.435. The lowest BCUT2D eigenvalue weighted by molar-refractivity contribution is 0.0952. The van der Waals surface area contributed by atoms with E-state index in [0.717, 1.165) is 10.8 Å². The van der Waals surface area contributed by atoms with Crippen LogP contribution in [0.25, 0.3) is 10.8 Å². The molecular weight excluding hydrogens is 301 g/mol. The fraction of sp³-hybridized carbons (Fsp3) is 0.0556. The standard InChI is InChI=1S/C18H12ClFNO/c19-16-9-4-10-17(20)15(16)11-21-18(22)14-8-3-6-12-5-1-2-7-13(12)14/h1-7,9-10H,11H2,(H,21,22). The average Bonchev–Trinajstić information content (AvgIpc) is 2.53. The molecule has 3 rings (SSSR count). The molecule has 0 atom stereocenters. The molecule has 0 bridgehead atoms. The zero-order chi connectivity index (χ0) is 15.5. The van der Waals surface area contributed by atoms with Crippen molar-refractivity contribution in [1.82, 2.24) is 5.32 Å². The summed E-state index contributed by atoms with van der Waals surface area (Å²) in [7, 11) is 0. The van der Waals surface area contributed by atoms with E-state index in [4.69, 9.17) is 11.6 Å². The smallest absolute Gasteiger partial charge is 0.252 e. The fourth-order valence-electron chi connectivity index (χ4n) is 2.31. The first-order chi connectivity index (χ1) is 10.7. The number of halogens is 2. The van der Waals surface area contributed by atoms with Crippen LogP contribution in [0.1, 0.15) is 15.9 Å². The summed E-state index contributed by atoms with van der Waals surface area (Å²) >= 11 is 5.95. The van der Waals surface area contributed by atoms with Gasteiger partial charge in [0.25, 0.3) is 5.91 Å². The van der Waals surface area contributed by atoms with Crippen LogP contribution in [-0.2, 0) is 6.54 Å². The molecule has 1 radical (unpaired) electrons. The van der Waals surface area contributed by atoms with E-state index in [2.05, 4.69) is 11.4 Å². The summed E-state index contributed by atoms with van der Waals surface area (Å²) in [5.74, 6) is -0.745. The van der Waals surface area contributed by atoms with Crippen molar-refractivity contribution in [3.63, 3.8) is 0 Å². The van der Waals surface area contributed by atoms with E-state index >= 15 is 0 Å². The summed E-state index contributed by atoms with van der Waals surface area (Å²) in [5, 5.41) is 4.75. The first-order valence-electron chi connectivity index (χ1n) is 6.77. The monoisotopic (exact) mass is 312 g/mol. The van der Waals surface area contributed by atoms with Crippen LogP contribution in [0.3, 0.4) is 0 Å². The molecule has 0 aromatic heterocycles. The minimum Gasteiger partial charge on any atom is -0.348 e. The number of fused-ring (bicyclic) bond motifs is 1. The number of rotatable bonds is 3. The van der Waals surface area contributed by atoms with Gasteiger partial charge in [-0.15, -0.1) is 0 Å². The van der Waals surface area contributed by atoms with Gasteiger partial charge in [0.05, 0.1) is 5.56 Å². The summed E-state index contributed by atoms with van der Waals surface area (Å²) in [6.07, 6.45) is 0. The summed E-state index contributed by atoms with van der Waals surface area (Å²) < 4.78 is 13.7. The van der Waals surface area contributed by atoms with Crippen molar-refractivity contribution in [2.24, 2.45) is 0 Å². The van der Waals surface area contributed by atoms with E-state index in [1.165, 1.54) is 12.1 Å². The van der Waals surface area contributed by atoms with Crippen LogP contribution in [0.5, 0.6) is 0 Å². The van der Waals surface area contributed by atoms with Crippen LogP contribution in [0.4, 0.5) is 4.39 Å². The lowest BCUT2D eigenvalue weighted by Gasteiger charge is -2.09. The summed E-state index contributed by atoms with van der Waals surface area (Å²) in [6, 6.07) is 18.5. The molecule has 22 heavy (non-hydrogen) atoms. The lowest BCUT2D eigenvalue weighted by atomic mass is 10.0. The number of carbonyl (C=O) groups is 1. The number of nitrogens with one attached hydrogen (secondary N) is 1. The molecule has 0 aliphatic rings. The summed E-state index contributed by atoms with van der Waals surface area (Å²) in [4.78, 5) is 12.3. The van der Waals surface area contributed by atoms with Gasteiger partial charge in [0.2, 0.25) is 0 Å². The molecule has 0 aliphatic carbocycles. The Morgan fingerprint density at radius 1 is 1.14 bits per heavy atom. The van der Waals surface area contributed by atoms with Gasteiger partial charge in [-0.1, -0.05) is 54.1 Å². The predicted molar refractivity (Wildman–Crippen MR) is 85.4 cm³/mol. The molecule has 0 heterocycles. The molecule has 0 aliphatic heterocycles. The summed E-state index contributed by atoms with van der Waals surface area (Å²) in [6.45, 7) is 0.0292. The molecular formula is C18H12ClFNO. The highest BCUT2D eigenvalue weighted by atomic mass is 35.5. The molecule has 0 fully saturated rings. The Hall–Kier alpha value is -2.39. The number of hydrogen-bond donors (Lipinski definition) is 1. The van der Waals surface area contributed by atoms with Gasteiger partial charge in [-0.25, -0.2) is 4.39 Å². The van der Waals surface area contributed by atoms with Gasteiger partial charge in [-0.2, -0.15) is 0 Å². The van der Waals surface area contributed by atoms with Crippen LogP contribution >= 0.6 is 11.6 Å². The Morgan fingerprint density at radius 2 is 1.95 bits per heavy atom.